The molecule has 0 aromatic carbocycles. The molecule has 0 atom stereocenters. The first-order chi connectivity index (χ1) is 7.75. The molecule has 2 N–H and O–H groups in total. The van der Waals surface area contributed by atoms with Crippen molar-refractivity contribution in [2.24, 2.45) is 18.2 Å². The third-order valence-corrected chi connectivity index (χ3v) is 3.43. The highest BCUT2D eigenvalue weighted by Crippen LogP contribution is 2.20. The number of aryl methyl sites for hydroxylation is 2. The third-order valence-electron chi connectivity index (χ3n) is 2.88. The summed E-state index contributed by atoms with van der Waals surface area (Å²) in [5, 5.41) is 0. The van der Waals surface area contributed by atoms with Crippen LogP contribution in [0.5, 0.6) is 0 Å². The lowest BCUT2D eigenvalue weighted by molar-refractivity contribution is 0.427. The zero-order valence-corrected chi connectivity index (χ0v) is 11.1. The molecule has 1 rings (SSSR count). The largest absolute Gasteiger partial charge is 0.393 e. The third kappa shape index (κ3) is 3.03. The molecule has 1 aromatic rings. The minimum Gasteiger partial charge on any atom is -0.393 e. The van der Waals surface area contributed by atoms with Crippen LogP contribution in [0, 0.1) is 5.41 Å². The number of hydrogen-bond donors (Lipinski definition) is 1. The van der Waals surface area contributed by atoms with Gasteiger partial charge < -0.3 is 14.9 Å². The van der Waals surface area contributed by atoms with Crippen LogP contribution in [0.25, 0.3) is 0 Å². The maximum Gasteiger partial charge on any atom is 0.316 e. The number of aromatic nitrogens is 2. The summed E-state index contributed by atoms with van der Waals surface area (Å²) in [7, 11) is 1.55. The molecule has 0 fully saturated rings. The maximum atomic E-state index is 11.6. The normalized spacial score (nSPS) is 11.5. The van der Waals surface area contributed by atoms with Gasteiger partial charge >= 0.3 is 11.1 Å². The first-order valence-electron chi connectivity index (χ1n) is 5.31. The summed E-state index contributed by atoms with van der Waals surface area (Å²) in [6, 6.07) is 0. The molecule has 0 aliphatic rings. The van der Waals surface area contributed by atoms with Crippen molar-refractivity contribution in [3.63, 3.8) is 0 Å². The van der Waals surface area contributed by atoms with Crippen LogP contribution >= 0.6 is 12.2 Å². The van der Waals surface area contributed by atoms with Gasteiger partial charge in [-0.2, -0.15) is 0 Å². The van der Waals surface area contributed by atoms with Crippen molar-refractivity contribution in [3.05, 3.63) is 33.1 Å². The van der Waals surface area contributed by atoms with E-state index in [4.69, 9.17) is 18.0 Å². The van der Waals surface area contributed by atoms with Crippen molar-refractivity contribution in [1.82, 2.24) is 9.13 Å². The second-order valence-corrected chi connectivity index (χ2v) is 5.15. The van der Waals surface area contributed by atoms with Crippen LogP contribution in [0.3, 0.4) is 0 Å². The summed E-state index contributed by atoms with van der Waals surface area (Å²) in [4.78, 5) is 23.5. The predicted molar refractivity (Wildman–Crippen MR) is 71.1 cm³/mol. The molecule has 0 aliphatic heterocycles. The monoisotopic (exact) mass is 255 g/mol. The van der Waals surface area contributed by atoms with E-state index in [-0.39, 0.29) is 5.41 Å². The molecule has 0 amide bonds. The molecule has 94 valence electrons. The number of nitrogens with zero attached hydrogens (tertiary/aromatic N) is 2. The number of hydrogen-bond acceptors (Lipinski definition) is 3. The molecular weight excluding hydrogens is 238 g/mol. The topological polar surface area (TPSA) is 70.0 Å². The van der Waals surface area contributed by atoms with Gasteiger partial charge in [-0.1, -0.05) is 26.1 Å². The van der Waals surface area contributed by atoms with Gasteiger partial charge in [0.2, 0.25) is 0 Å². The van der Waals surface area contributed by atoms with E-state index in [2.05, 4.69) is 0 Å². The lowest BCUT2D eigenvalue weighted by Gasteiger charge is -2.23. The van der Waals surface area contributed by atoms with Crippen LogP contribution in [-0.4, -0.2) is 14.1 Å². The van der Waals surface area contributed by atoms with E-state index in [1.807, 2.05) is 13.8 Å². The van der Waals surface area contributed by atoms with E-state index in [0.29, 0.717) is 18.0 Å². The van der Waals surface area contributed by atoms with Crippen LogP contribution in [-0.2, 0) is 13.6 Å². The van der Waals surface area contributed by atoms with Crippen molar-refractivity contribution < 1.29 is 0 Å². The first kappa shape index (κ1) is 13.6. The number of rotatable bonds is 4. The van der Waals surface area contributed by atoms with E-state index < -0.39 is 11.1 Å². The molecule has 0 bridgehead atoms. The Labute approximate surface area is 105 Å². The van der Waals surface area contributed by atoms with Crippen molar-refractivity contribution in [1.29, 1.82) is 0 Å². The molecule has 0 unspecified atom stereocenters. The fraction of sp³-hybridized carbons (Fsp3) is 0.545. The molecule has 5 nitrogen and oxygen atoms in total. The predicted octanol–water partition coefficient (Wildman–Crippen LogP) is 0.249. The van der Waals surface area contributed by atoms with Crippen molar-refractivity contribution >= 4 is 17.2 Å². The molecule has 0 saturated carbocycles. The zero-order chi connectivity index (χ0) is 13.2. The smallest absolute Gasteiger partial charge is 0.316 e. The summed E-state index contributed by atoms with van der Waals surface area (Å²) in [5.41, 5.74) is 4.23. The molecule has 0 saturated heterocycles. The Kier molecular flexibility index (Phi) is 3.87. The van der Waals surface area contributed by atoms with E-state index in [1.165, 1.54) is 9.13 Å². The fourth-order valence-electron chi connectivity index (χ4n) is 1.29. The Balaban J connectivity index is 2.92. The Bertz CT molecular complexity index is 542. The second-order valence-electron chi connectivity index (χ2n) is 4.71. The quantitative estimate of drug-likeness (QED) is 0.618. The van der Waals surface area contributed by atoms with Gasteiger partial charge in [0.25, 0.3) is 0 Å². The minimum absolute atomic E-state index is 0.324. The van der Waals surface area contributed by atoms with Crippen molar-refractivity contribution in [2.45, 2.75) is 26.8 Å². The number of thiocarbonyl (C=S) groups is 1. The van der Waals surface area contributed by atoms with E-state index >= 15 is 0 Å². The van der Waals surface area contributed by atoms with Gasteiger partial charge in [-0.3, -0.25) is 9.59 Å². The molecule has 0 aliphatic carbocycles. The highest BCUT2D eigenvalue weighted by Gasteiger charge is 2.21. The first-order valence-corrected chi connectivity index (χ1v) is 5.72. The lowest BCUT2D eigenvalue weighted by atomic mass is 9.89. The van der Waals surface area contributed by atoms with Crippen LogP contribution in [0.4, 0.5) is 0 Å². The molecule has 17 heavy (non-hydrogen) atoms. The maximum absolute atomic E-state index is 11.6. The van der Waals surface area contributed by atoms with Gasteiger partial charge in [-0.15, -0.1) is 0 Å². The molecular formula is C11H17N3O2S. The van der Waals surface area contributed by atoms with Crippen LogP contribution in [0.1, 0.15) is 20.3 Å². The summed E-state index contributed by atoms with van der Waals surface area (Å²) in [5.74, 6) is 0. The Morgan fingerprint density at radius 3 is 2.47 bits per heavy atom. The fourth-order valence-corrected chi connectivity index (χ4v) is 1.39. The molecule has 0 radical (unpaired) electrons. The van der Waals surface area contributed by atoms with Gasteiger partial charge in [0.15, 0.2) is 0 Å². The van der Waals surface area contributed by atoms with Crippen LogP contribution in [0.2, 0.25) is 0 Å². The van der Waals surface area contributed by atoms with Crippen LogP contribution < -0.4 is 16.9 Å². The van der Waals surface area contributed by atoms with E-state index in [0.717, 1.165) is 0 Å². The minimum atomic E-state index is -0.527. The summed E-state index contributed by atoms with van der Waals surface area (Å²) in [6.07, 6.45) is 3.78. The second kappa shape index (κ2) is 4.83. The van der Waals surface area contributed by atoms with Gasteiger partial charge in [0, 0.05) is 31.4 Å². The number of nitrogens with two attached hydrogens (primary N) is 1. The van der Waals surface area contributed by atoms with Gasteiger partial charge in [-0.25, -0.2) is 0 Å². The van der Waals surface area contributed by atoms with Gasteiger partial charge in [-0.05, 0) is 6.42 Å². The van der Waals surface area contributed by atoms with Gasteiger partial charge in [0.05, 0.1) is 4.99 Å². The summed E-state index contributed by atoms with van der Waals surface area (Å²) < 4.78 is 2.65. The SMILES string of the molecule is Cn1ccn(CCC(C)(C)C(N)=S)c(=O)c1=O. The molecule has 1 aromatic heterocycles. The van der Waals surface area contributed by atoms with Crippen LogP contribution in [0.15, 0.2) is 22.0 Å². The van der Waals surface area contributed by atoms with Crippen molar-refractivity contribution in [3.8, 4) is 0 Å². The average Bonchev–Trinajstić information content (AvgIpc) is 2.25. The summed E-state index contributed by atoms with van der Waals surface area (Å²) >= 11 is 4.95. The molecule has 1 heterocycles. The Morgan fingerprint density at radius 1 is 1.35 bits per heavy atom. The summed E-state index contributed by atoms with van der Waals surface area (Å²) in [6.45, 7) is 4.27. The lowest BCUT2D eigenvalue weighted by Crippen LogP contribution is -2.40. The molecule has 0 spiro atoms. The van der Waals surface area contributed by atoms with E-state index in [9.17, 15) is 9.59 Å². The Morgan fingerprint density at radius 2 is 1.94 bits per heavy atom. The zero-order valence-electron chi connectivity index (χ0n) is 10.3. The Hall–Kier alpha value is -1.43. The van der Waals surface area contributed by atoms with E-state index in [1.54, 1.807) is 19.4 Å². The highest BCUT2D eigenvalue weighted by atomic mass is 32.1. The average molecular weight is 255 g/mol. The van der Waals surface area contributed by atoms with Gasteiger partial charge in [0.1, 0.15) is 0 Å². The molecule has 6 heteroatoms. The van der Waals surface area contributed by atoms with Crippen molar-refractivity contribution in [2.75, 3.05) is 0 Å². The highest BCUT2D eigenvalue weighted by molar-refractivity contribution is 7.80. The standard InChI is InChI=1S/C11H17N3O2S/c1-11(2,10(12)17)4-5-14-7-6-13(3)8(15)9(14)16/h6-7H,4-5H2,1-3H3,(H2,12,17).